The van der Waals surface area contributed by atoms with Gasteiger partial charge in [-0.15, -0.1) is 11.3 Å². The summed E-state index contributed by atoms with van der Waals surface area (Å²) in [5.74, 6) is -0.845. The Balaban J connectivity index is 2.51. The molecule has 0 radical (unpaired) electrons. The van der Waals surface area contributed by atoms with Gasteiger partial charge < -0.3 is 5.73 Å². The van der Waals surface area contributed by atoms with Crippen LogP contribution in [0.3, 0.4) is 0 Å². The number of rotatable bonds is 2. The van der Waals surface area contributed by atoms with Crippen LogP contribution in [0.5, 0.6) is 0 Å². The quantitative estimate of drug-likeness (QED) is 0.677. The predicted octanol–water partition coefficient (Wildman–Crippen LogP) is 3.77. The molecule has 5 heteroatoms. The highest BCUT2D eigenvalue weighted by Gasteiger charge is 2.17. The highest BCUT2D eigenvalue weighted by molar-refractivity contribution is 9.11. The van der Waals surface area contributed by atoms with Crippen LogP contribution in [0.25, 0.3) is 0 Å². The maximum atomic E-state index is 13.8. The van der Waals surface area contributed by atoms with Gasteiger partial charge in [-0.3, -0.25) is 4.79 Å². The molecule has 0 saturated carbocycles. The van der Waals surface area contributed by atoms with Gasteiger partial charge in [0.1, 0.15) is 5.82 Å². The number of anilines is 1. The zero-order chi connectivity index (χ0) is 12.6. The standard InChI is InChI=1S/C12H9BrFNOS/c1-6-4-7(15)5-8(11(6)14)12(16)9-2-3-10(13)17-9/h2-5H,15H2,1H3. The van der Waals surface area contributed by atoms with E-state index in [4.69, 9.17) is 5.73 Å². The summed E-state index contributed by atoms with van der Waals surface area (Å²) in [5.41, 5.74) is 6.42. The fourth-order valence-corrected chi connectivity index (χ4v) is 2.87. The van der Waals surface area contributed by atoms with E-state index >= 15 is 0 Å². The van der Waals surface area contributed by atoms with Crippen LogP contribution in [0.1, 0.15) is 20.8 Å². The van der Waals surface area contributed by atoms with Crippen LogP contribution >= 0.6 is 27.3 Å². The number of ketones is 1. The van der Waals surface area contributed by atoms with Crippen molar-refractivity contribution in [2.45, 2.75) is 6.92 Å². The molecule has 88 valence electrons. The lowest BCUT2D eigenvalue weighted by molar-refractivity contribution is 0.103. The summed E-state index contributed by atoms with van der Waals surface area (Å²) in [6, 6.07) is 6.30. The lowest BCUT2D eigenvalue weighted by Gasteiger charge is -2.05. The van der Waals surface area contributed by atoms with Gasteiger partial charge in [0, 0.05) is 5.69 Å². The van der Waals surface area contributed by atoms with Gasteiger partial charge in [-0.05, 0) is 52.7 Å². The van der Waals surface area contributed by atoms with Crippen molar-refractivity contribution in [2.75, 3.05) is 5.73 Å². The summed E-state index contributed by atoms with van der Waals surface area (Å²) in [5, 5.41) is 0. The van der Waals surface area contributed by atoms with Crippen molar-refractivity contribution in [1.29, 1.82) is 0 Å². The number of carbonyl (C=O) groups is 1. The predicted molar refractivity (Wildman–Crippen MR) is 71.0 cm³/mol. The number of hydrogen-bond donors (Lipinski definition) is 1. The summed E-state index contributed by atoms with van der Waals surface area (Å²) in [7, 11) is 0. The number of nitrogen functional groups attached to an aromatic ring is 1. The van der Waals surface area contributed by atoms with Crippen molar-refractivity contribution in [3.8, 4) is 0 Å². The highest BCUT2D eigenvalue weighted by Crippen LogP contribution is 2.26. The van der Waals surface area contributed by atoms with Gasteiger partial charge in [-0.25, -0.2) is 4.39 Å². The van der Waals surface area contributed by atoms with Gasteiger partial charge >= 0.3 is 0 Å². The number of nitrogens with two attached hydrogens (primary N) is 1. The van der Waals surface area contributed by atoms with Crippen LogP contribution in [-0.2, 0) is 0 Å². The molecule has 2 rings (SSSR count). The van der Waals surface area contributed by atoms with Crippen LogP contribution < -0.4 is 5.73 Å². The zero-order valence-electron chi connectivity index (χ0n) is 8.96. The first-order chi connectivity index (χ1) is 7.99. The van der Waals surface area contributed by atoms with Gasteiger partial charge in [0.15, 0.2) is 0 Å². The second-order valence-electron chi connectivity index (χ2n) is 3.63. The van der Waals surface area contributed by atoms with Crippen LogP contribution in [0.15, 0.2) is 28.1 Å². The van der Waals surface area contributed by atoms with Crippen molar-refractivity contribution >= 4 is 38.7 Å². The molecule has 0 atom stereocenters. The number of benzene rings is 1. The molecule has 2 nitrogen and oxygen atoms in total. The molecule has 0 aliphatic heterocycles. The highest BCUT2D eigenvalue weighted by atomic mass is 79.9. The van der Waals surface area contributed by atoms with Crippen LogP contribution in [0, 0.1) is 12.7 Å². The number of thiophene rings is 1. The molecule has 2 aromatic rings. The summed E-state index contributed by atoms with van der Waals surface area (Å²) in [4.78, 5) is 12.6. The van der Waals surface area contributed by atoms with E-state index in [1.165, 1.54) is 23.5 Å². The van der Waals surface area contributed by atoms with Crippen LogP contribution in [-0.4, -0.2) is 5.78 Å². The lowest BCUT2D eigenvalue weighted by Crippen LogP contribution is -2.05. The summed E-state index contributed by atoms with van der Waals surface area (Å²) in [6.45, 7) is 1.59. The van der Waals surface area contributed by atoms with Gasteiger partial charge in [0.05, 0.1) is 14.2 Å². The van der Waals surface area contributed by atoms with E-state index in [9.17, 15) is 9.18 Å². The summed E-state index contributed by atoms with van der Waals surface area (Å²) >= 11 is 4.54. The van der Waals surface area contributed by atoms with Crippen molar-refractivity contribution in [2.24, 2.45) is 0 Å². The summed E-state index contributed by atoms with van der Waals surface area (Å²) < 4.78 is 14.7. The van der Waals surface area contributed by atoms with Gasteiger partial charge in [-0.1, -0.05) is 0 Å². The molecule has 0 spiro atoms. The number of carbonyl (C=O) groups excluding carboxylic acids is 1. The number of halogens is 2. The molecule has 0 amide bonds. The third kappa shape index (κ3) is 2.40. The topological polar surface area (TPSA) is 43.1 Å². The maximum absolute atomic E-state index is 13.8. The minimum absolute atomic E-state index is 0.0249. The third-order valence-electron chi connectivity index (χ3n) is 2.32. The van der Waals surface area contributed by atoms with Crippen molar-refractivity contribution in [3.63, 3.8) is 0 Å². The third-order valence-corrected chi connectivity index (χ3v) is 3.94. The fourth-order valence-electron chi connectivity index (χ4n) is 1.53. The molecule has 1 aromatic carbocycles. The van der Waals surface area contributed by atoms with Crippen molar-refractivity contribution < 1.29 is 9.18 Å². The van der Waals surface area contributed by atoms with E-state index in [2.05, 4.69) is 15.9 Å². The molecule has 2 N–H and O–H groups in total. The Morgan fingerprint density at radius 3 is 2.71 bits per heavy atom. The molecule has 0 aliphatic carbocycles. The maximum Gasteiger partial charge on any atom is 0.206 e. The molecule has 1 heterocycles. The van der Waals surface area contributed by atoms with Crippen molar-refractivity contribution in [3.05, 3.63) is 49.9 Å². The average molecular weight is 314 g/mol. The lowest BCUT2D eigenvalue weighted by atomic mass is 10.0. The minimum Gasteiger partial charge on any atom is -0.399 e. The molecule has 0 unspecified atom stereocenters. The Labute approximate surface area is 110 Å². The first-order valence-electron chi connectivity index (χ1n) is 4.84. The summed E-state index contributed by atoms with van der Waals surface area (Å²) in [6.07, 6.45) is 0. The van der Waals surface area contributed by atoms with Gasteiger partial charge in [0.25, 0.3) is 0 Å². The monoisotopic (exact) mass is 313 g/mol. The molecular formula is C12H9BrFNOS. The fraction of sp³-hybridized carbons (Fsp3) is 0.0833. The first kappa shape index (κ1) is 12.3. The minimum atomic E-state index is -0.506. The molecule has 17 heavy (non-hydrogen) atoms. The number of aryl methyl sites for hydroxylation is 1. The van der Waals surface area contributed by atoms with E-state index in [1.807, 2.05) is 0 Å². The smallest absolute Gasteiger partial charge is 0.206 e. The molecule has 0 aliphatic rings. The molecule has 0 fully saturated rings. The van der Waals surface area contributed by atoms with E-state index in [1.54, 1.807) is 19.1 Å². The second kappa shape index (κ2) is 4.58. The molecule has 0 saturated heterocycles. The Morgan fingerprint density at radius 2 is 2.12 bits per heavy atom. The Hall–Kier alpha value is -1.20. The molecular weight excluding hydrogens is 305 g/mol. The SMILES string of the molecule is Cc1cc(N)cc(C(=O)c2ccc(Br)s2)c1F. The first-order valence-corrected chi connectivity index (χ1v) is 6.45. The van der Waals surface area contributed by atoms with Crippen molar-refractivity contribution in [1.82, 2.24) is 0 Å². The van der Waals surface area contributed by atoms with Gasteiger partial charge in [0.2, 0.25) is 5.78 Å². The van der Waals surface area contributed by atoms with E-state index in [0.717, 1.165) is 3.79 Å². The van der Waals surface area contributed by atoms with Crippen LogP contribution in [0.4, 0.5) is 10.1 Å². The normalized spacial score (nSPS) is 10.5. The largest absolute Gasteiger partial charge is 0.399 e. The van der Waals surface area contributed by atoms with E-state index in [-0.39, 0.29) is 11.3 Å². The Bertz CT molecular complexity index is 594. The average Bonchev–Trinajstić information content (AvgIpc) is 2.69. The molecule has 1 aromatic heterocycles. The second-order valence-corrected chi connectivity index (χ2v) is 6.10. The molecule has 0 bridgehead atoms. The van der Waals surface area contributed by atoms with Crippen LogP contribution in [0.2, 0.25) is 0 Å². The van der Waals surface area contributed by atoms with E-state index < -0.39 is 5.82 Å². The zero-order valence-corrected chi connectivity index (χ0v) is 11.4. The Kier molecular flexibility index (Phi) is 3.31. The number of hydrogen-bond acceptors (Lipinski definition) is 3. The Morgan fingerprint density at radius 1 is 1.41 bits per heavy atom. The van der Waals surface area contributed by atoms with E-state index in [0.29, 0.717) is 16.1 Å². The van der Waals surface area contributed by atoms with Gasteiger partial charge in [-0.2, -0.15) is 0 Å².